The van der Waals surface area contributed by atoms with Gasteiger partial charge in [0.05, 0.1) is 35.4 Å². The van der Waals surface area contributed by atoms with E-state index in [4.69, 9.17) is 0 Å². The molecule has 0 aliphatic carbocycles. The summed E-state index contributed by atoms with van der Waals surface area (Å²) < 4.78 is 1.67. The molecule has 0 aromatic carbocycles. The molecule has 3 rings (SSSR count). The third-order valence-corrected chi connectivity index (χ3v) is 2.96. The Morgan fingerprint density at radius 1 is 1.20 bits per heavy atom. The zero-order chi connectivity index (χ0) is 14.1. The Hall–Kier alpha value is -2.76. The molecule has 0 atom stereocenters. The monoisotopic (exact) mass is 267 g/mol. The SMILES string of the molecule is Cc1ccn2ncc(C(=O)Nc3cnc(C)nc3)c2c1. The van der Waals surface area contributed by atoms with E-state index in [0.29, 0.717) is 17.1 Å². The summed E-state index contributed by atoms with van der Waals surface area (Å²) in [5.74, 6) is 0.438. The minimum absolute atomic E-state index is 0.224. The Balaban J connectivity index is 1.92. The zero-order valence-corrected chi connectivity index (χ0v) is 11.2. The largest absolute Gasteiger partial charge is 0.319 e. The van der Waals surface area contributed by atoms with Crippen molar-refractivity contribution in [1.29, 1.82) is 0 Å². The average molecular weight is 267 g/mol. The maximum Gasteiger partial charge on any atom is 0.259 e. The molecular formula is C14H13N5O. The molecule has 1 N–H and O–H groups in total. The van der Waals surface area contributed by atoms with Gasteiger partial charge in [0.2, 0.25) is 0 Å². The Bertz CT molecular complexity index is 776. The molecule has 0 aliphatic heterocycles. The van der Waals surface area contributed by atoms with Crippen LogP contribution in [0.5, 0.6) is 0 Å². The first-order chi connectivity index (χ1) is 9.63. The highest BCUT2D eigenvalue weighted by molar-refractivity contribution is 6.08. The summed E-state index contributed by atoms with van der Waals surface area (Å²) in [6.45, 7) is 3.77. The van der Waals surface area contributed by atoms with Gasteiger partial charge in [0.15, 0.2) is 0 Å². The number of aryl methyl sites for hydroxylation is 2. The van der Waals surface area contributed by atoms with Crippen LogP contribution in [-0.2, 0) is 0 Å². The molecule has 3 heterocycles. The molecule has 0 fully saturated rings. The van der Waals surface area contributed by atoms with Crippen LogP contribution in [0.25, 0.3) is 5.52 Å². The molecule has 6 nitrogen and oxygen atoms in total. The molecule has 0 radical (unpaired) electrons. The van der Waals surface area contributed by atoms with E-state index < -0.39 is 0 Å². The molecule has 0 saturated carbocycles. The van der Waals surface area contributed by atoms with Crippen molar-refractivity contribution in [3.05, 3.63) is 53.9 Å². The molecule has 3 aromatic heterocycles. The summed E-state index contributed by atoms with van der Waals surface area (Å²) in [6, 6.07) is 3.86. The number of fused-ring (bicyclic) bond motifs is 1. The van der Waals surface area contributed by atoms with Crippen molar-refractivity contribution in [1.82, 2.24) is 19.6 Å². The standard InChI is InChI=1S/C14H13N5O/c1-9-3-4-19-13(5-9)12(8-17-19)14(20)18-11-6-15-10(2)16-7-11/h3-8H,1-2H3,(H,18,20). The van der Waals surface area contributed by atoms with Gasteiger partial charge in [-0.05, 0) is 31.5 Å². The number of aromatic nitrogens is 4. The molecular weight excluding hydrogens is 254 g/mol. The molecule has 20 heavy (non-hydrogen) atoms. The Kier molecular flexibility index (Phi) is 2.90. The van der Waals surface area contributed by atoms with Crippen LogP contribution in [0.1, 0.15) is 21.7 Å². The fraction of sp³-hybridized carbons (Fsp3) is 0.143. The predicted molar refractivity (Wildman–Crippen MR) is 74.7 cm³/mol. The highest BCUT2D eigenvalue weighted by Gasteiger charge is 2.13. The first kappa shape index (κ1) is 12.3. The highest BCUT2D eigenvalue weighted by atomic mass is 16.1. The van der Waals surface area contributed by atoms with Gasteiger partial charge in [-0.15, -0.1) is 0 Å². The van der Waals surface area contributed by atoms with E-state index in [1.807, 2.05) is 25.3 Å². The van der Waals surface area contributed by atoms with Crippen LogP contribution in [-0.4, -0.2) is 25.5 Å². The third kappa shape index (κ3) is 2.23. The molecule has 0 spiro atoms. The number of anilines is 1. The van der Waals surface area contributed by atoms with Gasteiger partial charge in [0.1, 0.15) is 5.82 Å². The molecule has 6 heteroatoms. The van der Waals surface area contributed by atoms with Crippen molar-refractivity contribution in [3.63, 3.8) is 0 Å². The van der Waals surface area contributed by atoms with Gasteiger partial charge in [0, 0.05) is 6.20 Å². The average Bonchev–Trinajstić information content (AvgIpc) is 2.84. The van der Waals surface area contributed by atoms with E-state index in [2.05, 4.69) is 20.4 Å². The molecule has 0 unspecified atom stereocenters. The number of nitrogens with zero attached hydrogens (tertiary/aromatic N) is 4. The number of hydrogen-bond acceptors (Lipinski definition) is 4. The van der Waals surface area contributed by atoms with Crippen molar-refractivity contribution in [2.75, 3.05) is 5.32 Å². The quantitative estimate of drug-likeness (QED) is 0.770. The van der Waals surface area contributed by atoms with Crippen LogP contribution in [0.4, 0.5) is 5.69 Å². The third-order valence-electron chi connectivity index (χ3n) is 2.96. The van der Waals surface area contributed by atoms with E-state index in [1.54, 1.807) is 30.0 Å². The number of carbonyl (C=O) groups excluding carboxylic acids is 1. The summed E-state index contributed by atoms with van der Waals surface area (Å²) in [5.41, 5.74) is 2.93. The van der Waals surface area contributed by atoms with Crippen LogP contribution in [0.3, 0.4) is 0 Å². The first-order valence-electron chi connectivity index (χ1n) is 6.17. The van der Waals surface area contributed by atoms with E-state index in [-0.39, 0.29) is 5.91 Å². The molecule has 0 aliphatic rings. The number of rotatable bonds is 2. The first-order valence-corrected chi connectivity index (χ1v) is 6.17. The lowest BCUT2D eigenvalue weighted by atomic mass is 10.2. The number of hydrogen-bond donors (Lipinski definition) is 1. The van der Waals surface area contributed by atoms with Crippen molar-refractivity contribution in [2.45, 2.75) is 13.8 Å². The second-order valence-electron chi connectivity index (χ2n) is 4.57. The molecule has 3 aromatic rings. The smallest absolute Gasteiger partial charge is 0.259 e. The highest BCUT2D eigenvalue weighted by Crippen LogP contribution is 2.14. The van der Waals surface area contributed by atoms with E-state index in [1.165, 1.54) is 0 Å². The van der Waals surface area contributed by atoms with Crippen LogP contribution in [0, 0.1) is 13.8 Å². The van der Waals surface area contributed by atoms with Crippen LogP contribution in [0.2, 0.25) is 0 Å². The lowest BCUT2D eigenvalue weighted by Gasteiger charge is -2.03. The van der Waals surface area contributed by atoms with Crippen molar-refractivity contribution in [3.8, 4) is 0 Å². The summed E-state index contributed by atoms with van der Waals surface area (Å²) in [7, 11) is 0. The predicted octanol–water partition coefficient (Wildman–Crippen LogP) is 1.99. The molecule has 1 amide bonds. The summed E-state index contributed by atoms with van der Waals surface area (Å²) in [6.07, 6.45) is 6.55. The number of amides is 1. The van der Waals surface area contributed by atoms with E-state index in [0.717, 1.165) is 11.1 Å². The maximum atomic E-state index is 12.3. The van der Waals surface area contributed by atoms with Crippen LogP contribution < -0.4 is 5.32 Å². The second kappa shape index (κ2) is 4.73. The minimum atomic E-state index is -0.224. The number of carbonyl (C=O) groups is 1. The van der Waals surface area contributed by atoms with Crippen LogP contribution >= 0.6 is 0 Å². The molecule has 0 bridgehead atoms. The van der Waals surface area contributed by atoms with Gasteiger partial charge >= 0.3 is 0 Å². The zero-order valence-electron chi connectivity index (χ0n) is 11.2. The lowest BCUT2D eigenvalue weighted by Crippen LogP contribution is -2.12. The lowest BCUT2D eigenvalue weighted by molar-refractivity contribution is 0.102. The van der Waals surface area contributed by atoms with Crippen molar-refractivity contribution >= 4 is 17.1 Å². The van der Waals surface area contributed by atoms with E-state index in [9.17, 15) is 4.79 Å². The van der Waals surface area contributed by atoms with Crippen LogP contribution in [0.15, 0.2) is 36.9 Å². The van der Waals surface area contributed by atoms with E-state index >= 15 is 0 Å². The van der Waals surface area contributed by atoms with Crippen molar-refractivity contribution < 1.29 is 4.79 Å². The van der Waals surface area contributed by atoms with Gasteiger partial charge in [-0.1, -0.05) is 0 Å². The van der Waals surface area contributed by atoms with Gasteiger partial charge in [0.25, 0.3) is 5.91 Å². The molecule has 100 valence electrons. The fourth-order valence-corrected chi connectivity index (χ4v) is 1.92. The number of pyridine rings is 1. The Labute approximate surface area is 115 Å². The second-order valence-corrected chi connectivity index (χ2v) is 4.57. The van der Waals surface area contributed by atoms with Gasteiger partial charge in [-0.3, -0.25) is 4.79 Å². The van der Waals surface area contributed by atoms with Gasteiger partial charge in [-0.25, -0.2) is 14.5 Å². The summed E-state index contributed by atoms with van der Waals surface area (Å²) >= 11 is 0. The number of nitrogens with one attached hydrogen (secondary N) is 1. The topological polar surface area (TPSA) is 72.2 Å². The van der Waals surface area contributed by atoms with Gasteiger partial charge < -0.3 is 5.32 Å². The minimum Gasteiger partial charge on any atom is -0.319 e. The fourth-order valence-electron chi connectivity index (χ4n) is 1.92. The summed E-state index contributed by atoms with van der Waals surface area (Å²) in [5, 5.41) is 6.93. The van der Waals surface area contributed by atoms with Crippen molar-refractivity contribution in [2.24, 2.45) is 0 Å². The maximum absolute atomic E-state index is 12.3. The Morgan fingerprint density at radius 3 is 2.70 bits per heavy atom. The normalized spacial score (nSPS) is 10.7. The molecule has 0 saturated heterocycles. The Morgan fingerprint density at radius 2 is 1.95 bits per heavy atom. The van der Waals surface area contributed by atoms with Gasteiger partial charge in [-0.2, -0.15) is 5.10 Å². The summed E-state index contributed by atoms with van der Waals surface area (Å²) in [4.78, 5) is 20.4.